The van der Waals surface area contributed by atoms with Crippen LogP contribution in [0.3, 0.4) is 0 Å². The second-order valence-corrected chi connectivity index (χ2v) is 8.82. The van der Waals surface area contributed by atoms with Crippen molar-refractivity contribution in [2.45, 2.75) is 11.3 Å². The fraction of sp³-hybridized carbons (Fsp3) is 0.130. The number of fused-ring (bicyclic) bond motifs is 1. The van der Waals surface area contributed by atoms with Gasteiger partial charge < -0.3 is 10.1 Å². The molecule has 0 unspecified atom stereocenters. The van der Waals surface area contributed by atoms with E-state index in [0.29, 0.717) is 34.7 Å². The van der Waals surface area contributed by atoms with E-state index in [1.165, 1.54) is 23.5 Å². The standard InChI is InChI=1S/C23H19N3O4S/c1-30-19-9-11-20(12-10-19)31(28,29)26-14-13-17-3-2-4-21(22(17)26)25-23(27)18-7-5-16(15-24)6-8-18/h2-12H,13-14H2,1H3,(H,25,27). The van der Waals surface area contributed by atoms with Crippen LogP contribution >= 0.6 is 0 Å². The molecule has 1 N–H and O–H groups in total. The number of benzene rings is 3. The van der Waals surface area contributed by atoms with Crippen molar-refractivity contribution in [1.29, 1.82) is 5.26 Å². The molecule has 1 heterocycles. The lowest BCUT2D eigenvalue weighted by molar-refractivity contribution is 0.102. The van der Waals surface area contributed by atoms with Crippen LogP contribution in [0.2, 0.25) is 0 Å². The molecule has 0 atom stereocenters. The maximum atomic E-state index is 13.3. The molecule has 0 spiro atoms. The van der Waals surface area contributed by atoms with Gasteiger partial charge in [0.15, 0.2) is 0 Å². The smallest absolute Gasteiger partial charge is 0.264 e. The highest BCUT2D eigenvalue weighted by molar-refractivity contribution is 7.92. The van der Waals surface area contributed by atoms with E-state index in [0.717, 1.165) is 5.56 Å². The van der Waals surface area contributed by atoms with Crippen LogP contribution in [0.1, 0.15) is 21.5 Å². The number of hydrogen-bond donors (Lipinski definition) is 1. The van der Waals surface area contributed by atoms with E-state index < -0.39 is 10.0 Å². The molecule has 8 heteroatoms. The van der Waals surface area contributed by atoms with Crippen LogP contribution in [0.25, 0.3) is 0 Å². The molecule has 4 rings (SSSR count). The zero-order valence-corrected chi connectivity index (χ0v) is 17.5. The molecule has 1 amide bonds. The Morgan fingerprint density at radius 1 is 1.06 bits per heavy atom. The first-order chi connectivity index (χ1) is 14.9. The first kappa shape index (κ1) is 20.4. The van der Waals surface area contributed by atoms with Crippen LogP contribution in [-0.2, 0) is 16.4 Å². The molecule has 7 nitrogen and oxygen atoms in total. The van der Waals surface area contributed by atoms with Crippen LogP contribution in [0.4, 0.5) is 11.4 Å². The van der Waals surface area contributed by atoms with Gasteiger partial charge in [0.1, 0.15) is 5.75 Å². The minimum Gasteiger partial charge on any atom is -0.497 e. The van der Waals surface area contributed by atoms with Gasteiger partial charge in [-0.1, -0.05) is 12.1 Å². The number of carbonyl (C=O) groups excluding carboxylic acids is 1. The highest BCUT2D eigenvalue weighted by atomic mass is 32.2. The molecule has 3 aromatic rings. The van der Waals surface area contributed by atoms with Crippen LogP contribution in [0, 0.1) is 11.3 Å². The quantitative estimate of drug-likeness (QED) is 0.663. The maximum Gasteiger partial charge on any atom is 0.264 e. The van der Waals surface area contributed by atoms with Gasteiger partial charge in [0.25, 0.3) is 15.9 Å². The molecule has 0 bridgehead atoms. The molecule has 1 aliphatic heterocycles. The van der Waals surface area contributed by atoms with Crippen molar-refractivity contribution in [2.75, 3.05) is 23.3 Å². The second-order valence-electron chi connectivity index (χ2n) is 6.96. The van der Waals surface area contributed by atoms with Gasteiger partial charge in [-0.05, 0) is 66.6 Å². The van der Waals surface area contributed by atoms with Crippen molar-refractivity contribution in [2.24, 2.45) is 0 Å². The van der Waals surface area contributed by atoms with Crippen molar-refractivity contribution >= 4 is 27.3 Å². The number of amides is 1. The maximum absolute atomic E-state index is 13.3. The number of ether oxygens (including phenoxy) is 1. The van der Waals surface area contributed by atoms with Crippen LogP contribution in [-0.4, -0.2) is 28.0 Å². The van der Waals surface area contributed by atoms with Gasteiger partial charge in [-0.2, -0.15) is 5.26 Å². The Bertz CT molecular complexity index is 1280. The third-order valence-corrected chi connectivity index (χ3v) is 6.94. The van der Waals surface area contributed by atoms with E-state index in [1.807, 2.05) is 12.1 Å². The lowest BCUT2D eigenvalue weighted by Crippen LogP contribution is -2.30. The van der Waals surface area contributed by atoms with Crippen molar-refractivity contribution in [3.05, 3.63) is 83.4 Å². The molecule has 156 valence electrons. The number of nitriles is 1. The minimum absolute atomic E-state index is 0.148. The number of rotatable bonds is 5. The number of carbonyl (C=O) groups is 1. The lowest BCUT2D eigenvalue weighted by Gasteiger charge is -2.22. The normalized spacial score (nSPS) is 12.7. The Balaban J connectivity index is 1.67. The van der Waals surface area contributed by atoms with Crippen LogP contribution in [0.15, 0.2) is 71.6 Å². The summed E-state index contributed by atoms with van der Waals surface area (Å²) in [7, 11) is -2.30. The fourth-order valence-electron chi connectivity index (χ4n) is 3.53. The number of anilines is 2. The third kappa shape index (κ3) is 3.83. The molecule has 0 fully saturated rings. The highest BCUT2D eigenvalue weighted by Crippen LogP contribution is 2.39. The van der Waals surface area contributed by atoms with Gasteiger partial charge in [0.2, 0.25) is 0 Å². The first-order valence-corrected chi connectivity index (χ1v) is 11.0. The molecule has 0 radical (unpaired) electrons. The van der Waals surface area contributed by atoms with Crippen LogP contribution < -0.4 is 14.4 Å². The summed E-state index contributed by atoms with van der Waals surface area (Å²) in [6, 6.07) is 19.8. The SMILES string of the molecule is COc1ccc(S(=O)(=O)N2CCc3cccc(NC(=O)c4ccc(C#N)cc4)c32)cc1. The average molecular weight is 433 g/mol. The van der Waals surface area contributed by atoms with E-state index in [4.69, 9.17) is 10.00 Å². The Morgan fingerprint density at radius 3 is 2.42 bits per heavy atom. The van der Waals surface area contributed by atoms with Crippen molar-refractivity contribution in [1.82, 2.24) is 0 Å². The van der Waals surface area contributed by atoms with E-state index >= 15 is 0 Å². The molecule has 0 aliphatic carbocycles. The summed E-state index contributed by atoms with van der Waals surface area (Å²) in [6.45, 7) is 0.285. The summed E-state index contributed by atoms with van der Waals surface area (Å²) in [5.41, 5.74) is 2.56. The number of nitrogens with one attached hydrogen (secondary N) is 1. The van der Waals surface area contributed by atoms with Gasteiger partial charge in [0.05, 0.1) is 35.0 Å². The predicted molar refractivity (Wildman–Crippen MR) is 117 cm³/mol. The number of methoxy groups -OCH3 is 1. The van der Waals surface area contributed by atoms with Gasteiger partial charge in [0, 0.05) is 12.1 Å². The van der Waals surface area contributed by atoms with E-state index in [2.05, 4.69) is 5.32 Å². The zero-order chi connectivity index (χ0) is 22.0. The molecule has 0 saturated heterocycles. The van der Waals surface area contributed by atoms with Crippen molar-refractivity contribution < 1.29 is 17.9 Å². The summed E-state index contributed by atoms with van der Waals surface area (Å²) in [6.07, 6.45) is 0.547. The average Bonchev–Trinajstić information content (AvgIpc) is 3.25. The molecule has 31 heavy (non-hydrogen) atoms. The summed E-state index contributed by atoms with van der Waals surface area (Å²) in [4.78, 5) is 12.9. The fourth-order valence-corrected chi connectivity index (χ4v) is 5.05. The van der Waals surface area contributed by atoms with E-state index in [-0.39, 0.29) is 17.3 Å². The third-order valence-electron chi connectivity index (χ3n) is 5.13. The van der Waals surface area contributed by atoms with Crippen LogP contribution in [0.5, 0.6) is 5.75 Å². The molecule has 3 aromatic carbocycles. The Morgan fingerprint density at radius 2 is 1.77 bits per heavy atom. The minimum atomic E-state index is -3.82. The van der Waals surface area contributed by atoms with E-state index in [1.54, 1.807) is 48.5 Å². The van der Waals surface area contributed by atoms with E-state index in [9.17, 15) is 13.2 Å². The van der Waals surface area contributed by atoms with Gasteiger partial charge in [-0.25, -0.2) is 8.42 Å². The Hall–Kier alpha value is -3.83. The number of hydrogen-bond acceptors (Lipinski definition) is 5. The number of nitrogens with zero attached hydrogens (tertiary/aromatic N) is 2. The van der Waals surface area contributed by atoms with Gasteiger partial charge >= 0.3 is 0 Å². The van der Waals surface area contributed by atoms with Gasteiger partial charge in [-0.15, -0.1) is 0 Å². The molecular formula is C23H19N3O4S. The zero-order valence-electron chi connectivity index (χ0n) is 16.7. The predicted octanol–water partition coefficient (Wildman–Crippen LogP) is 3.57. The molecule has 1 aliphatic rings. The number of sulfonamides is 1. The summed E-state index contributed by atoms with van der Waals surface area (Å²) >= 11 is 0. The summed E-state index contributed by atoms with van der Waals surface area (Å²) < 4.78 is 33.1. The molecule has 0 saturated carbocycles. The number of para-hydroxylation sites is 1. The topological polar surface area (TPSA) is 99.5 Å². The second kappa shape index (κ2) is 8.13. The first-order valence-electron chi connectivity index (χ1n) is 9.54. The lowest BCUT2D eigenvalue weighted by atomic mass is 10.1. The highest BCUT2D eigenvalue weighted by Gasteiger charge is 2.33. The Kier molecular flexibility index (Phi) is 5.36. The monoisotopic (exact) mass is 433 g/mol. The summed E-state index contributed by atoms with van der Waals surface area (Å²) in [5, 5.41) is 11.7. The Labute approximate surface area is 180 Å². The summed E-state index contributed by atoms with van der Waals surface area (Å²) in [5.74, 6) is 0.183. The van der Waals surface area contributed by atoms with Crippen molar-refractivity contribution in [3.63, 3.8) is 0 Å². The largest absolute Gasteiger partial charge is 0.497 e. The van der Waals surface area contributed by atoms with Crippen molar-refractivity contribution in [3.8, 4) is 11.8 Å². The van der Waals surface area contributed by atoms with Gasteiger partial charge in [-0.3, -0.25) is 9.10 Å². The molecule has 0 aromatic heterocycles. The molecular weight excluding hydrogens is 414 g/mol.